The van der Waals surface area contributed by atoms with Gasteiger partial charge in [-0.1, -0.05) is 11.6 Å². The van der Waals surface area contributed by atoms with E-state index in [0.29, 0.717) is 48.5 Å². The number of aromatic nitrogens is 5. The second-order valence-corrected chi connectivity index (χ2v) is 12.7. The molecule has 1 atom stereocenters. The molecule has 16 nitrogen and oxygen atoms in total. The van der Waals surface area contributed by atoms with E-state index in [1.807, 2.05) is 7.05 Å². The Labute approximate surface area is 280 Å². The van der Waals surface area contributed by atoms with Gasteiger partial charge in [-0.25, -0.2) is 4.79 Å². The van der Waals surface area contributed by atoms with E-state index < -0.39 is 41.8 Å². The number of carbonyl (C=O) groups is 5. The van der Waals surface area contributed by atoms with E-state index in [1.54, 1.807) is 62.1 Å². The van der Waals surface area contributed by atoms with E-state index in [2.05, 4.69) is 41.4 Å². The summed E-state index contributed by atoms with van der Waals surface area (Å²) in [4.78, 5) is 72.3. The number of aromatic amines is 1. The highest BCUT2D eigenvalue weighted by Crippen LogP contribution is 2.24. The predicted octanol–water partition coefficient (Wildman–Crippen LogP) is 1.98. The van der Waals surface area contributed by atoms with Gasteiger partial charge in [0, 0.05) is 47.8 Å². The first kappa shape index (κ1) is 34.0. The summed E-state index contributed by atoms with van der Waals surface area (Å²) in [6.07, 6.45) is 0.906. The molecule has 2 aromatic heterocycles. The van der Waals surface area contributed by atoms with Crippen LogP contribution < -0.4 is 16.0 Å². The van der Waals surface area contributed by atoms with Crippen LogP contribution in [0.25, 0.3) is 16.6 Å². The van der Waals surface area contributed by atoms with Gasteiger partial charge in [0.05, 0.1) is 17.8 Å². The van der Waals surface area contributed by atoms with E-state index >= 15 is 0 Å². The average Bonchev–Trinajstić information content (AvgIpc) is 3.71. The Morgan fingerprint density at radius 2 is 1.73 bits per heavy atom. The lowest BCUT2D eigenvalue weighted by Crippen LogP contribution is -2.52. The highest BCUT2D eigenvalue weighted by molar-refractivity contribution is 6.40. The Kier molecular flexibility index (Phi) is 10.0. The Balaban J connectivity index is 1.33. The van der Waals surface area contributed by atoms with Crippen molar-refractivity contribution < 1.29 is 28.7 Å². The van der Waals surface area contributed by atoms with Crippen molar-refractivity contribution in [1.29, 1.82) is 0 Å². The number of benzene rings is 2. The number of nitrogens with one attached hydrogen (secondary N) is 4. The van der Waals surface area contributed by atoms with E-state index in [9.17, 15) is 24.0 Å². The van der Waals surface area contributed by atoms with Crippen LogP contribution in [0.1, 0.15) is 37.7 Å². The molecule has 0 spiro atoms. The summed E-state index contributed by atoms with van der Waals surface area (Å²) < 4.78 is 6.70. The standard InChI is InChI=1S/C31H35ClN10O6/c1-31(2,3)48-30(47)24-14-18-13-20(6-7-21(18)35-24)34-27(44)23(16-26(43)41-11-9-40(4)10-12-41)37-29(46)28(45)36-22-15-19(32)5-8-25(22)42-17-33-38-39-42/h5-8,13-15,17,23,35H,9-12,16H2,1-4H3,(H,34,44)(H,36,45)(H,37,46)/t23-/m0/s1. The molecule has 0 saturated carbocycles. The van der Waals surface area contributed by atoms with Crippen LogP contribution >= 0.6 is 11.6 Å². The second kappa shape index (κ2) is 14.2. The molecular formula is C31H35ClN10O6. The van der Waals surface area contributed by atoms with Crippen LogP contribution in [0, 0.1) is 0 Å². The quantitative estimate of drug-likeness (QED) is 0.158. The number of H-pyrrole nitrogens is 1. The first-order valence-corrected chi connectivity index (χ1v) is 15.4. The molecule has 5 rings (SSSR count). The summed E-state index contributed by atoms with van der Waals surface area (Å²) in [6.45, 7) is 7.51. The number of hydrogen-bond acceptors (Lipinski definition) is 10. The van der Waals surface area contributed by atoms with Gasteiger partial charge < -0.3 is 35.5 Å². The molecule has 1 fully saturated rings. The third kappa shape index (κ3) is 8.51. The van der Waals surface area contributed by atoms with Crippen molar-refractivity contribution in [3.63, 3.8) is 0 Å². The molecule has 4 N–H and O–H groups in total. The number of halogens is 1. The largest absolute Gasteiger partial charge is 0.455 e. The van der Waals surface area contributed by atoms with Gasteiger partial charge in [0.2, 0.25) is 11.8 Å². The minimum absolute atomic E-state index is 0.134. The maximum Gasteiger partial charge on any atom is 0.355 e. The Morgan fingerprint density at radius 1 is 0.979 bits per heavy atom. The van der Waals surface area contributed by atoms with Crippen molar-refractivity contribution in [2.24, 2.45) is 0 Å². The van der Waals surface area contributed by atoms with Crippen LogP contribution in [-0.4, -0.2) is 109 Å². The van der Waals surface area contributed by atoms with Crippen molar-refractivity contribution in [2.45, 2.75) is 38.8 Å². The van der Waals surface area contributed by atoms with Crippen molar-refractivity contribution >= 4 is 63.5 Å². The van der Waals surface area contributed by atoms with Gasteiger partial charge in [0.25, 0.3) is 0 Å². The van der Waals surface area contributed by atoms with Gasteiger partial charge in [-0.2, -0.15) is 4.68 Å². The minimum atomic E-state index is -1.41. The fourth-order valence-electron chi connectivity index (χ4n) is 4.93. The topological polar surface area (TPSA) is 197 Å². The number of likely N-dealkylation sites (N-methyl/N-ethyl adjacent to an activating group) is 1. The van der Waals surface area contributed by atoms with E-state index in [4.69, 9.17) is 16.3 Å². The number of amides is 4. The fraction of sp³-hybridized carbons (Fsp3) is 0.355. The lowest BCUT2D eigenvalue weighted by atomic mass is 10.1. The average molecular weight is 679 g/mol. The molecule has 2 aromatic carbocycles. The van der Waals surface area contributed by atoms with Crippen LogP contribution in [0.3, 0.4) is 0 Å². The molecular weight excluding hydrogens is 644 g/mol. The second-order valence-electron chi connectivity index (χ2n) is 12.3. The van der Waals surface area contributed by atoms with Gasteiger partial charge in [0.1, 0.15) is 23.7 Å². The zero-order valence-corrected chi connectivity index (χ0v) is 27.5. The van der Waals surface area contributed by atoms with Gasteiger partial charge in [-0.05, 0) is 80.7 Å². The van der Waals surface area contributed by atoms with E-state index in [-0.39, 0.29) is 22.3 Å². The minimum Gasteiger partial charge on any atom is -0.455 e. The number of carbonyl (C=O) groups excluding carboxylic acids is 5. The fourth-order valence-corrected chi connectivity index (χ4v) is 5.11. The van der Waals surface area contributed by atoms with Gasteiger partial charge in [-0.15, -0.1) is 5.10 Å². The van der Waals surface area contributed by atoms with Crippen molar-refractivity contribution in [2.75, 3.05) is 43.9 Å². The SMILES string of the molecule is CN1CCN(C(=O)C[C@H](NC(=O)C(=O)Nc2cc(Cl)ccc2-n2cnnn2)C(=O)Nc2ccc3[nH]c(C(=O)OC(C)(C)C)cc3c2)CC1. The maximum absolute atomic E-state index is 13.6. The lowest BCUT2D eigenvalue weighted by molar-refractivity contribution is -0.139. The number of anilines is 2. The Hall–Kier alpha value is -5.35. The first-order valence-electron chi connectivity index (χ1n) is 15.0. The number of piperazine rings is 1. The summed E-state index contributed by atoms with van der Waals surface area (Å²) in [5.41, 5.74) is 0.984. The van der Waals surface area contributed by atoms with Crippen molar-refractivity contribution in [3.05, 3.63) is 59.5 Å². The number of tetrazole rings is 1. The molecule has 252 valence electrons. The van der Waals surface area contributed by atoms with Crippen molar-refractivity contribution in [1.82, 2.24) is 40.3 Å². The Bertz CT molecular complexity index is 1840. The van der Waals surface area contributed by atoms with Gasteiger partial charge in [-0.3, -0.25) is 19.2 Å². The molecule has 4 aromatic rings. The third-order valence-corrected chi connectivity index (χ3v) is 7.61. The summed E-state index contributed by atoms with van der Waals surface area (Å²) in [5, 5.41) is 19.5. The van der Waals surface area contributed by atoms with Gasteiger partial charge >= 0.3 is 17.8 Å². The highest BCUT2D eigenvalue weighted by Gasteiger charge is 2.30. The number of rotatable bonds is 8. The first-order chi connectivity index (χ1) is 22.8. The molecule has 3 heterocycles. The summed E-state index contributed by atoms with van der Waals surface area (Å²) in [6, 6.07) is 9.61. The molecule has 0 aliphatic carbocycles. The zero-order chi connectivity index (χ0) is 34.6. The van der Waals surface area contributed by atoms with Crippen molar-refractivity contribution in [3.8, 4) is 5.69 Å². The lowest BCUT2D eigenvalue weighted by Gasteiger charge is -2.33. The number of nitrogens with zero attached hydrogens (tertiary/aromatic N) is 6. The number of ether oxygens (including phenoxy) is 1. The molecule has 17 heteroatoms. The summed E-state index contributed by atoms with van der Waals surface area (Å²) in [7, 11) is 1.94. The molecule has 0 radical (unpaired) electrons. The molecule has 48 heavy (non-hydrogen) atoms. The van der Waals surface area contributed by atoms with Crippen LogP contribution in [0.5, 0.6) is 0 Å². The smallest absolute Gasteiger partial charge is 0.355 e. The zero-order valence-electron chi connectivity index (χ0n) is 26.7. The number of hydrogen-bond donors (Lipinski definition) is 4. The molecule has 1 saturated heterocycles. The number of fused-ring (bicyclic) bond motifs is 1. The van der Waals surface area contributed by atoms with Crippen LogP contribution in [0.4, 0.5) is 11.4 Å². The monoisotopic (exact) mass is 678 g/mol. The summed E-state index contributed by atoms with van der Waals surface area (Å²) >= 11 is 6.13. The molecule has 0 unspecified atom stereocenters. The Morgan fingerprint density at radius 3 is 2.42 bits per heavy atom. The number of esters is 1. The molecule has 1 aliphatic rings. The predicted molar refractivity (Wildman–Crippen MR) is 176 cm³/mol. The van der Waals surface area contributed by atoms with E-state index in [1.165, 1.54) is 17.1 Å². The normalized spacial score (nSPS) is 14.3. The van der Waals surface area contributed by atoms with Crippen LogP contribution in [0.15, 0.2) is 48.8 Å². The van der Waals surface area contributed by atoms with Crippen LogP contribution in [-0.2, 0) is 23.9 Å². The van der Waals surface area contributed by atoms with Crippen LogP contribution in [0.2, 0.25) is 5.02 Å². The molecule has 1 aliphatic heterocycles. The highest BCUT2D eigenvalue weighted by atomic mass is 35.5. The molecule has 4 amide bonds. The van der Waals surface area contributed by atoms with Gasteiger partial charge in [0.15, 0.2) is 0 Å². The maximum atomic E-state index is 13.6. The molecule has 0 bridgehead atoms. The summed E-state index contributed by atoms with van der Waals surface area (Å²) in [5.74, 6) is -3.89. The third-order valence-electron chi connectivity index (χ3n) is 7.37. The van der Waals surface area contributed by atoms with E-state index in [0.717, 1.165) is 0 Å².